The number of ether oxygens (including phenoxy) is 1. The van der Waals surface area contributed by atoms with Crippen LogP contribution in [0.25, 0.3) is 11.1 Å². The van der Waals surface area contributed by atoms with Crippen LogP contribution in [-0.2, 0) is 10.0 Å². The lowest BCUT2D eigenvalue weighted by Crippen LogP contribution is -2.13. The second-order valence-corrected chi connectivity index (χ2v) is 7.90. The van der Waals surface area contributed by atoms with E-state index < -0.39 is 15.8 Å². The Morgan fingerprint density at radius 1 is 0.964 bits per heavy atom. The zero-order chi connectivity index (χ0) is 19.7. The van der Waals surface area contributed by atoms with Gasteiger partial charge < -0.3 is 9.15 Å². The predicted molar refractivity (Wildman–Crippen MR) is 106 cm³/mol. The normalized spacial score (nSPS) is 11.5. The number of sulfonamides is 1. The molecule has 0 saturated heterocycles. The zero-order valence-corrected chi connectivity index (χ0v) is 15.8. The molecule has 4 rings (SSSR count). The summed E-state index contributed by atoms with van der Waals surface area (Å²) in [6.45, 7) is 0. The lowest BCUT2D eigenvalue weighted by atomic mass is 10.3. The van der Waals surface area contributed by atoms with Crippen molar-refractivity contribution in [1.29, 1.82) is 0 Å². The highest BCUT2D eigenvalue weighted by Crippen LogP contribution is 2.34. The van der Waals surface area contributed by atoms with Crippen molar-refractivity contribution < 1.29 is 17.6 Å². The Morgan fingerprint density at radius 3 is 2.46 bits per heavy atom. The molecule has 0 aliphatic carbocycles. The van der Waals surface area contributed by atoms with E-state index in [2.05, 4.69) is 9.71 Å². The van der Waals surface area contributed by atoms with Gasteiger partial charge in [0.2, 0.25) is 0 Å². The molecule has 0 saturated carbocycles. The van der Waals surface area contributed by atoms with E-state index in [4.69, 9.17) is 20.8 Å². The van der Waals surface area contributed by atoms with E-state index >= 15 is 0 Å². The van der Waals surface area contributed by atoms with Gasteiger partial charge in [0.1, 0.15) is 5.75 Å². The number of oxazole rings is 1. The molecule has 28 heavy (non-hydrogen) atoms. The number of para-hydroxylation sites is 3. The fourth-order valence-corrected chi connectivity index (χ4v) is 3.84. The molecule has 7 nitrogen and oxygen atoms in total. The molecule has 9 heteroatoms. The molecule has 0 unspecified atom stereocenters. The van der Waals surface area contributed by atoms with Crippen molar-refractivity contribution in [2.24, 2.45) is 0 Å². The first-order valence-corrected chi connectivity index (χ1v) is 9.96. The van der Waals surface area contributed by atoms with Crippen molar-refractivity contribution in [3.8, 4) is 11.5 Å². The van der Waals surface area contributed by atoms with Crippen molar-refractivity contribution in [1.82, 2.24) is 4.98 Å². The van der Waals surface area contributed by atoms with E-state index in [1.807, 2.05) is 0 Å². The number of aromatic nitrogens is 1. The lowest BCUT2D eigenvalue weighted by molar-refractivity contribution is 0.485. The number of hydrogen-bond acceptors (Lipinski definition) is 5. The van der Waals surface area contributed by atoms with Crippen LogP contribution in [0.1, 0.15) is 0 Å². The second kappa shape index (κ2) is 7.06. The standard InChI is InChI=1S/C19H13ClN2O5S/c20-13-5-1-3-7-16(13)26-17-8-4-2-6-15(17)22-28(24,25)12-9-10-14-18(11-12)27-19(23)21-14/h1-11,22H,(H,21,23). The van der Waals surface area contributed by atoms with Gasteiger partial charge in [0.15, 0.2) is 11.3 Å². The first kappa shape index (κ1) is 18.1. The topological polar surface area (TPSA) is 101 Å². The van der Waals surface area contributed by atoms with Crippen LogP contribution in [0.5, 0.6) is 11.5 Å². The van der Waals surface area contributed by atoms with Crippen LogP contribution in [-0.4, -0.2) is 13.4 Å². The average molecular weight is 417 g/mol. The summed E-state index contributed by atoms with van der Waals surface area (Å²) in [5.41, 5.74) is 0.790. The lowest BCUT2D eigenvalue weighted by Gasteiger charge is -2.14. The molecule has 4 aromatic rings. The van der Waals surface area contributed by atoms with E-state index in [0.29, 0.717) is 16.3 Å². The van der Waals surface area contributed by atoms with Crippen molar-refractivity contribution in [2.45, 2.75) is 4.90 Å². The van der Waals surface area contributed by atoms with Crippen molar-refractivity contribution >= 4 is 38.4 Å². The van der Waals surface area contributed by atoms with Gasteiger partial charge in [-0.15, -0.1) is 0 Å². The van der Waals surface area contributed by atoms with Gasteiger partial charge >= 0.3 is 5.76 Å². The number of halogens is 1. The summed E-state index contributed by atoms with van der Waals surface area (Å²) in [5, 5.41) is 0.396. The first-order chi connectivity index (χ1) is 13.4. The van der Waals surface area contributed by atoms with E-state index in [1.165, 1.54) is 18.2 Å². The van der Waals surface area contributed by atoms with Crippen LogP contribution in [0, 0.1) is 0 Å². The average Bonchev–Trinajstić information content (AvgIpc) is 3.04. The molecule has 0 amide bonds. The smallest absolute Gasteiger partial charge is 0.417 e. The van der Waals surface area contributed by atoms with Gasteiger partial charge in [0, 0.05) is 6.07 Å². The SMILES string of the molecule is O=c1[nH]c2ccc(S(=O)(=O)Nc3ccccc3Oc3ccccc3Cl)cc2o1. The number of hydrogen-bond donors (Lipinski definition) is 2. The molecule has 142 valence electrons. The highest BCUT2D eigenvalue weighted by Gasteiger charge is 2.18. The molecular formula is C19H13ClN2O5S. The van der Waals surface area contributed by atoms with Gasteiger partial charge in [0.25, 0.3) is 10.0 Å². The Kier molecular flexibility index (Phi) is 4.58. The van der Waals surface area contributed by atoms with Gasteiger partial charge in [-0.2, -0.15) is 0 Å². The van der Waals surface area contributed by atoms with Crippen LogP contribution in [0.4, 0.5) is 5.69 Å². The molecule has 0 fully saturated rings. The molecule has 0 aliphatic rings. The van der Waals surface area contributed by atoms with Gasteiger partial charge in [-0.1, -0.05) is 35.9 Å². The quantitative estimate of drug-likeness (QED) is 0.503. The minimum absolute atomic E-state index is 0.0599. The summed E-state index contributed by atoms with van der Waals surface area (Å²) >= 11 is 6.11. The number of aromatic amines is 1. The zero-order valence-electron chi connectivity index (χ0n) is 14.2. The highest BCUT2D eigenvalue weighted by atomic mass is 35.5. The summed E-state index contributed by atoms with van der Waals surface area (Å²) in [4.78, 5) is 13.7. The Balaban J connectivity index is 1.68. The number of H-pyrrole nitrogens is 1. The maximum atomic E-state index is 12.8. The third-order valence-corrected chi connectivity index (χ3v) is 5.57. The summed E-state index contributed by atoms with van der Waals surface area (Å²) < 4.78 is 38.8. The van der Waals surface area contributed by atoms with E-state index in [-0.39, 0.29) is 21.9 Å². The minimum atomic E-state index is -3.96. The van der Waals surface area contributed by atoms with Crippen LogP contribution >= 0.6 is 11.6 Å². The number of nitrogens with one attached hydrogen (secondary N) is 2. The molecule has 2 N–H and O–H groups in total. The summed E-state index contributed by atoms with van der Waals surface area (Å²) in [6, 6.07) is 17.5. The predicted octanol–water partition coefficient (Wildman–Crippen LogP) is 4.37. The number of rotatable bonds is 5. The van der Waals surface area contributed by atoms with E-state index in [9.17, 15) is 13.2 Å². The number of anilines is 1. The molecule has 1 heterocycles. The Morgan fingerprint density at radius 2 is 1.68 bits per heavy atom. The molecule has 0 aliphatic heterocycles. The Hall–Kier alpha value is -3.23. The van der Waals surface area contributed by atoms with Crippen LogP contribution in [0.15, 0.2) is 80.8 Å². The van der Waals surface area contributed by atoms with Crippen molar-refractivity contribution in [2.75, 3.05) is 4.72 Å². The third kappa shape index (κ3) is 3.60. The van der Waals surface area contributed by atoms with Gasteiger partial charge in [0.05, 0.1) is 21.1 Å². The molecular weight excluding hydrogens is 404 g/mol. The Bertz CT molecular complexity index is 1330. The molecule has 0 spiro atoms. The van der Waals surface area contributed by atoms with Crippen LogP contribution in [0.2, 0.25) is 5.02 Å². The van der Waals surface area contributed by atoms with Gasteiger partial charge in [-0.05, 0) is 36.4 Å². The molecule has 0 bridgehead atoms. The third-order valence-electron chi connectivity index (χ3n) is 3.89. The maximum Gasteiger partial charge on any atom is 0.417 e. The largest absolute Gasteiger partial charge is 0.454 e. The maximum absolute atomic E-state index is 12.8. The van der Waals surface area contributed by atoms with Gasteiger partial charge in [-0.25, -0.2) is 13.2 Å². The second-order valence-electron chi connectivity index (χ2n) is 5.81. The van der Waals surface area contributed by atoms with Crippen molar-refractivity contribution in [3.05, 3.63) is 82.3 Å². The monoisotopic (exact) mass is 416 g/mol. The highest BCUT2D eigenvalue weighted by molar-refractivity contribution is 7.92. The van der Waals surface area contributed by atoms with Crippen molar-refractivity contribution in [3.63, 3.8) is 0 Å². The molecule has 3 aromatic carbocycles. The fourth-order valence-electron chi connectivity index (χ4n) is 2.58. The summed E-state index contributed by atoms with van der Waals surface area (Å²) in [7, 11) is -3.96. The van der Waals surface area contributed by atoms with Crippen LogP contribution in [0.3, 0.4) is 0 Å². The Labute approximate surface area is 164 Å². The summed E-state index contributed by atoms with van der Waals surface area (Å²) in [6.07, 6.45) is 0. The molecule has 0 radical (unpaired) electrons. The van der Waals surface area contributed by atoms with Gasteiger partial charge in [-0.3, -0.25) is 9.71 Å². The minimum Gasteiger partial charge on any atom is -0.454 e. The van der Waals surface area contributed by atoms with Crippen LogP contribution < -0.4 is 15.2 Å². The number of benzene rings is 3. The van der Waals surface area contributed by atoms with E-state index in [1.54, 1.807) is 48.5 Å². The van der Waals surface area contributed by atoms with E-state index in [0.717, 1.165) is 0 Å². The molecule has 1 aromatic heterocycles. The summed E-state index contributed by atoms with van der Waals surface area (Å²) in [5.74, 6) is 0.0238. The molecule has 0 atom stereocenters. The number of fused-ring (bicyclic) bond motifs is 1. The first-order valence-electron chi connectivity index (χ1n) is 8.09. The fraction of sp³-hybridized carbons (Fsp3) is 0.